The fourth-order valence-electron chi connectivity index (χ4n) is 0. The van der Waals surface area contributed by atoms with Gasteiger partial charge in [0.15, 0.2) is 0 Å². The maximum Gasteiger partial charge on any atom is 0.0623 e. The van der Waals surface area contributed by atoms with Gasteiger partial charge < -0.3 is 0 Å². The Bertz CT molecular complexity index is 21.6. The van der Waals surface area contributed by atoms with Crippen LogP contribution in [0.5, 0.6) is 0 Å². The van der Waals surface area contributed by atoms with Crippen molar-refractivity contribution in [1.82, 2.24) is 0 Å². The van der Waals surface area contributed by atoms with Crippen molar-refractivity contribution in [1.29, 1.82) is 1.28 Å². The zero-order valence-corrected chi connectivity index (χ0v) is 4.84. The summed E-state index contributed by atoms with van der Waals surface area (Å²) in [7, 11) is 0.525. The number of hydrogen-bond donors (Lipinski definition) is 0. The molecule has 0 saturated heterocycles. The molecule has 0 aliphatic carbocycles. The van der Waals surface area contributed by atoms with E-state index in [-0.39, 0.29) is 8.21 Å². The summed E-state index contributed by atoms with van der Waals surface area (Å²) in [5, 5.41) is 0. The minimum atomic E-state index is -0.320. The molecular weight excluding hydrogens is 86.0 g/mol. The summed E-state index contributed by atoms with van der Waals surface area (Å²) < 4.78 is 6.90. The van der Waals surface area contributed by atoms with Gasteiger partial charge in [-0.2, -0.15) is 0 Å². The molecule has 0 aromatic carbocycles. The van der Waals surface area contributed by atoms with Crippen LogP contribution >= 0.6 is 16.5 Å². The lowest BCUT2D eigenvalue weighted by molar-refractivity contribution is 2.46. The molecule has 2 unspecified atom stereocenters. The topological polar surface area (TPSA) is 0 Å². The SMILES string of the molecule is [2H]P(C)PC. The lowest BCUT2D eigenvalue weighted by Crippen LogP contribution is -1.17. The highest BCUT2D eigenvalue weighted by Gasteiger charge is 1.53. The quantitative estimate of drug-likeness (QED) is 0.433. The maximum absolute atomic E-state index is 6.90. The highest BCUT2D eigenvalue weighted by molar-refractivity contribution is 8.11. The first kappa shape index (κ1) is 3.07. The van der Waals surface area contributed by atoms with Gasteiger partial charge in [-0.25, -0.2) is 0 Å². The molecule has 0 amide bonds. The van der Waals surface area contributed by atoms with Gasteiger partial charge in [-0.1, -0.05) is 0 Å². The first-order valence-electron chi connectivity index (χ1n) is 1.62. The van der Waals surface area contributed by atoms with Crippen molar-refractivity contribution in [2.24, 2.45) is 0 Å². The highest BCUT2D eigenvalue weighted by atomic mass is 32.0. The molecule has 0 aromatic heterocycles. The Hall–Kier alpha value is 0.860. The lowest BCUT2D eigenvalue weighted by atomic mass is 12.0. The first-order valence-corrected chi connectivity index (χ1v) is 4.85. The summed E-state index contributed by atoms with van der Waals surface area (Å²) in [6.07, 6.45) is 0. The van der Waals surface area contributed by atoms with Crippen LogP contribution in [0.2, 0.25) is 0 Å². The van der Waals surface area contributed by atoms with E-state index >= 15 is 0 Å². The molecule has 0 aliphatic heterocycles. The molecule has 2 heteroatoms. The van der Waals surface area contributed by atoms with Crippen molar-refractivity contribution in [3.8, 4) is 0 Å². The predicted molar refractivity (Wildman–Crippen MR) is 28.5 cm³/mol. The summed E-state index contributed by atoms with van der Waals surface area (Å²) in [5.74, 6) is 0. The summed E-state index contributed by atoms with van der Waals surface area (Å²) in [4.78, 5) is 0. The summed E-state index contributed by atoms with van der Waals surface area (Å²) in [6, 6.07) is 0. The molecule has 0 aliphatic rings. The average Bonchev–Trinajstić information content (AvgIpc) is 1.38. The van der Waals surface area contributed by atoms with E-state index in [0.717, 1.165) is 8.27 Å². The van der Waals surface area contributed by atoms with Crippen LogP contribution in [0.15, 0.2) is 0 Å². The van der Waals surface area contributed by atoms with Crippen LogP contribution < -0.4 is 0 Å². The molecule has 0 aromatic rings. The van der Waals surface area contributed by atoms with Crippen molar-refractivity contribution in [3.63, 3.8) is 0 Å². The number of hydrogen-bond acceptors (Lipinski definition) is 0. The molecule has 0 radical (unpaired) electrons. The van der Waals surface area contributed by atoms with Gasteiger partial charge in [0, 0.05) is 0 Å². The monoisotopic (exact) mass is 95.0 g/mol. The van der Waals surface area contributed by atoms with Crippen molar-refractivity contribution in [3.05, 3.63) is 0 Å². The minimum Gasteiger partial charge on any atom is -0.103 e. The van der Waals surface area contributed by atoms with Gasteiger partial charge in [0.05, 0.1) is 1.28 Å². The second-order valence-electron chi connectivity index (χ2n) is 0.447. The molecule has 0 N–H and O–H groups in total. The van der Waals surface area contributed by atoms with Gasteiger partial charge >= 0.3 is 0 Å². The standard InChI is InChI=1S/C2H8P2/c1-3-4-2/h3-4H,1-2H3/i3D. The third-order valence-electron chi connectivity index (χ3n) is 0.224. The van der Waals surface area contributed by atoms with Gasteiger partial charge in [-0.05, 0) is 13.3 Å². The summed E-state index contributed by atoms with van der Waals surface area (Å²) >= 11 is 0. The second-order valence-corrected chi connectivity index (χ2v) is 4.02. The van der Waals surface area contributed by atoms with Crippen LogP contribution in [-0.2, 0) is 0 Å². The van der Waals surface area contributed by atoms with Crippen molar-refractivity contribution >= 4 is 16.5 Å². The molecule has 0 spiro atoms. The van der Waals surface area contributed by atoms with Gasteiger partial charge in [-0.3, -0.25) is 0 Å². The van der Waals surface area contributed by atoms with E-state index in [4.69, 9.17) is 1.28 Å². The molecule has 26 valence electrons. The summed E-state index contributed by atoms with van der Waals surface area (Å²) in [6.45, 7) is 4.03. The van der Waals surface area contributed by atoms with Crippen LogP contribution in [0.4, 0.5) is 0 Å². The molecule has 0 bridgehead atoms. The fourth-order valence-corrected chi connectivity index (χ4v) is 0. The molecule has 0 saturated carbocycles. The summed E-state index contributed by atoms with van der Waals surface area (Å²) in [5.41, 5.74) is 0. The molecule has 2 atom stereocenters. The van der Waals surface area contributed by atoms with Gasteiger partial charge in [0.2, 0.25) is 0 Å². The Balaban J connectivity index is 2.54. The van der Waals surface area contributed by atoms with E-state index in [9.17, 15) is 0 Å². The number of rotatable bonds is 1. The fraction of sp³-hybridized carbons (Fsp3) is 1.00. The molecule has 0 fully saturated rings. The third-order valence-corrected chi connectivity index (χ3v) is 2.01. The van der Waals surface area contributed by atoms with E-state index in [1.54, 1.807) is 0 Å². The Labute approximate surface area is 32.1 Å². The zero-order valence-electron chi connectivity index (χ0n) is 3.95. The van der Waals surface area contributed by atoms with Crippen molar-refractivity contribution in [2.75, 3.05) is 13.3 Å². The smallest absolute Gasteiger partial charge is 0.0623 e. The maximum atomic E-state index is 6.90. The Kier molecular flexibility index (Phi) is 2.96. The van der Waals surface area contributed by atoms with E-state index in [2.05, 4.69) is 6.66 Å². The van der Waals surface area contributed by atoms with Gasteiger partial charge in [-0.15, -0.1) is 16.5 Å². The minimum absolute atomic E-state index is 0.320. The van der Waals surface area contributed by atoms with Crippen LogP contribution in [0.3, 0.4) is 0 Å². The van der Waals surface area contributed by atoms with E-state index in [1.807, 2.05) is 6.66 Å². The first-order chi connectivity index (χ1) is 2.27. The van der Waals surface area contributed by atoms with E-state index in [0.29, 0.717) is 0 Å². The van der Waals surface area contributed by atoms with Crippen molar-refractivity contribution < 1.29 is 0 Å². The van der Waals surface area contributed by atoms with Gasteiger partial charge in [0.25, 0.3) is 0 Å². The normalized spacial score (nSPS) is 22.0. The van der Waals surface area contributed by atoms with Crippen LogP contribution in [0, 0.1) is 0 Å². The molecule has 4 heavy (non-hydrogen) atoms. The third kappa shape index (κ3) is 2.86. The molecule has 0 nitrogen and oxygen atoms in total. The Morgan fingerprint density at radius 2 is 2.00 bits per heavy atom. The molecular formula is C2H8P2. The average molecular weight is 95.0 g/mol. The van der Waals surface area contributed by atoms with Crippen LogP contribution in [0.25, 0.3) is 0 Å². The van der Waals surface area contributed by atoms with E-state index in [1.165, 1.54) is 0 Å². The van der Waals surface area contributed by atoms with Gasteiger partial charge in [0.1, 0.15) is 0 Å². The second kappa shape index (κ2) is 3.86. The molecule has 0 heterocycles. The Morgan fingerprint density at radius 1 is 1.75 bits per heavy atom. The zero-order chi connectivity index (χ0) is 4.28. The molecule has 0 rings (SSSR count). The largest absolute Gasteiger partial charge is 0.103 e. The highest BCUT2D eigenvalue weighted by Crippen LogP contribution is 2.27. The predicted octanol–water partition coefficient (Wildman–Crippen LogP) is 1.52. The van der Waals surface area contributed by atoms with Crippen LogP contribution in [0.1, 0.15) is 0 Å². The van der Waals surface area contributed by atoms with Crippen molar-refractivity contribution in [2.45, 2.75) is 0 Å². The van der Waals surface area contributed by atoms with E-state index < -0.39 is 0 Å². The van der Waals surface area contributed by atoms with Crippen LogP contribution in [-0.4, -0.2) is 14.6 Å². The Morgan fingerprint density at radius 3 is 2.00 bits per heavy atom. The lowest BCUT2D eigenvalue weighted by Gasteiger charge is -1.70.